The van der Waals surface area contributed by atoms with Gasteiger partial charge in [0.25, 0.3) is 5.91 Å². The van der Waals surface area contributed by atoms with Gasteiger partial charge in [-0.15, -0.1) is 0 Å². The number of methoxy groups -OCH3 is 1. The number of rotatable bonds is 9. The number of carbonyl (C=O) groups is 1. The summed E-state index contributed by atoms with van der Waals surface area (Å²) in [6.07, 6.45) is 5.08. The van der Waals surface area contributed by atoms with Crippen LogP contribution in [-0.2, 0) is 13.0 Å². The molecule has 6 heteroatoms. The smallest absolute Gasteiger partial charge is 0.271 e. The summed E-state index contributed by atoms with van der Waals surface area (Å²) in [5.74, 6) is 1.20. The lowest BCUT2D eigenvalue weighted by Gasteiger charge is -2.07. The predicted molar refractivity (Wildman–Crippen MR) is 109 cm³/mol. The fourth-order valence-electron chi connectivity index (χ4n) is 2.71. The van der Waals surface area contributed by atoms with Crippen LogP contribution in [-0.4, -0.2) is 29.5 Å². The van der Waals surface area contributed by atoms with Crippen molar-refractivity contribution < 1.29 is 9.53 Å². The number of hydrogen-bond acceptors (Lipinski definition) is 5. The number of anilines is 1. The molecule has 0 atom stereocenters. The number of aryl methyl sites for hydroxylation is 1. The van der Waals surface area contributed by atoms with Crippen LogP contribution in [0.4, 0.5) is 5.82 Å². The minimum atomic E-state index is -0.251. The quantitative estimate of drug-likeness (QED) is 0.559. The lowest BCUT2D eigenvalue weighted by Crippen LogP contribution is -2.24. The van der Waals surface area contributed by atoms with E-state index in [4.69, 9.17) is 4.74 Å². The topological polar surface area (TPSA) is 76.1 Å². The van der Waals surface area contributed by atoms with Crippen LogP contribution >= 0.6 is 0 Å². The lowest BCUT2D eigenvalue weighted by molar-refractivity contribution is 0.0945. The Morgan fingerprint density at radius 3 is 2.43 bits per heavy atom. The van der Waals surface area contributed by atoms with Gasteiger partial charge in [0.1, 0.15) is 17.3 Å². The van der Waals surface area contributed by atoms with Gasteiger partial charge in [0, 0.05) is 13.1 Å². The van der Waals surface area contributed by atoms with Gasteiger partial charge in [0.05, 0.1) is 19.5 Å². The fraction of sp³-hybridized carbons (Fsp3) is 0.227. The number of nitrogens with zero attached hydrogens (tertiary/aromatic N) is 2. The Hall–Kier alpha value is -3.41. The first-order chi connectivity index (χ1) is 13.7. The first-order valence-electron chi connectivity index (χ1n) is 9.25. The summed E-state index contributed by atoms with van der Waals surface area (Å²) in [5, 5.41) is 6.07. The number of nitrogens with one attached hydrogen (secondary N) is 2. The standard InChI is InChI=1S/C22H24N4O2/c1-28-19-11-9-18(10-12-19)14-26-22(27)20-15-25-21(16-24-20)23-13-5-8-17-6-3-2-4-7-17/h2-4,6-7,9-12,15-16H,5,8,13-14H2,1H3,(H,23,25)(H,26,27). The van der Waals surface area contributed by atoms with Crippen LogP contribution in [0.2, 0.25) is 0 Å². The molecule has 2 aromatic carbocycles. The van der Waals surface area contributed by atoms with Gasteiger partial charge in [-0.05, 0) is 36.1 Å². The van der Waals surface area contributed by atoms with E-state index in [0.29, 0.717) is 18.1 Å². The second kappa shape index (κ2) is 10.1. The van der Waals surface area contributed by atoms with Crippen LogP contribution in [0.5, 0.6) is 5.75 Å². The van der Waals surface area contributed by atoms with Gasteiger partial charge in [0.2, 0.25) is 0 Å². The highest BCUT2D eigenvalue weighted by molar-refractivity contribution is 5.91. The average Bonchev–Trinajstić information content (AvgIpc) is 2.76. The molecule has 0 fully saturated rings. The van der Waals surface area contributed by atoms with E-state index in [9.17, 15) is 4.79 Å². The monoisotopic (exact) mass is 376 g/mol. The van der Waals surface area contributed by atoms with Gasteiger partial charge < -0.3 is 15.4 Å². The zero-order chi connectivity index (χ0) is 19.6. The Morgan fingerprint density at radius 2 is 1.75 bits per heavy atom. The molecule has 1 heterocycles. The first kappa shape index (κ1) is 19.4. The van der Waals surface area contributed by atoms with Crippen molar-refractivity contribution in [2.45, 2.75) is 19.4 Å². The number of aromatic nitrogens is 2. The Morgan fingerprint density at radius 1 is 0.964 bits per heavy atom. The molecule has 1 amide bonds. The molecule has 0 bridgehead atoms. The average molecular weight is 376 g/mol. The largest absolute Gasteiger partial charge is 0.497 e. The Kier molecular flexibility index (Phi) is 6.95. The second-order valence-electron chi connectivity index (χ2n) is 6.33. The molecule has 0 aliphatic carbocycles. The minimum absolute atomic E-state index is 0.251. The van der Waals surface area contributed by atoms with Crippen molar-refractivity contribution in [3.63, 3.8) is 0 Å². The van der Waals surface area contributed by atoms with E-state index in [1.165, 1.54) is 11.8 Å². The van der Waals surface area contributed by atoms with Gasteiger partial charge in [-0.25, -0.2) is 9.97 Å². The molecular formula is C22H24N4O2. The van der Waals surface area contributed by atoms with Crippen molar-refractivity contribution in [1.29, 1.82) is 0 Å². The Balaban J connectivity index is 1.41. The Bertz CT molecular complexity index is 865. The van der Waals surface area contributed by atoms with Crippen LogP contribution in [0.1, 0.15) is 28.0 Å². The van der Waals surface area contributed by atoms with E-state index in [2.05, 4.69) is 32.7 Å². The van der Waals surface area contributed by atoms with Crippen molar-refractivity contribution in [3.8, 4) is 5.75 Å². The highest BCUT2D eigenvalue weighted by Crippen LogP contribution is 2.11. The maximum Gasteiger partial charge on any atom is 0.271 e. The van der Waals surface area contributed by atoms with E-state index in [-0.39, 0.29) is 5.91 Å². The molecular weight excluding hydrogens is 352 g/mol. The predicted octanol–water partition coefficient (Wildman–Crippen LogP) is 3.46. The molecule has 0 radical (unpaired) electrons. The molecule has 28 heavy (non-hydrogen) atoms. The maximum absolute atomic E-state index is 12.2. The lowest BCUT2D eigenvalue weighted by atomic mass is 10.1. The van der Waals surface area contributed by atoms with Gasteiger partial charge in [-0.1, -0.05) is 42.5 Å². The normalized spacial score (nSPS) is 10.3. The summed E-state index contributed by atoms with van der Waals surface area (Å²) in [4.78, 5) is 20.7. The van der Waals surface area contributed by atoms with Crippen molar-refractivity contribution in [3.05, 3.63) is 83.8 Å². The number of ether oxygens (including phenoxy) is 1. The second-order valence-corrected chi connectivity index (χ2v) is 6.33. The van der Waals surface area contributed by atoms with Crippen molar-refractivity contribution in [2.75, 3.05) is 19.0 Å². The van der Waals surface area contributed by atoms with E-state index in [1.807, 2.05) is 42.5 Å². The van der Waals surface area contributed by atoms with Crippen LogP contribution in [0, 0.1) is 0 Å². The molecule has 2 N–H and O–H groups in total. The summed E-state index contributed by atoms with van der Waals surface area (Å²) in [6.45, 7) is 1.22. The third-order valence-corrected chi connectivity index (χ3v) is 4.29. The third-order valence-electron chi connectivity index (χ3n) is 4.29. The summed E-state index contributed by atoms with van der Waals surface area (Å²) >= 11 is 0. The van der Waals surface area contributed by atoms with Crippen LogP contribution in [0.25, 0.3) is 0 Å². The van der Waals surface area contributed by atoms with Gasteiger partial charge in [-0.3, -0.25) is 4.79 Å². The van der Waals surface area contributed by atoms with Gasteiger partial charge >= 0.3 is 0 Å². The molecule has 0 unspecified atom stereocenters. The fourth-order valence-corrected chi connectivity index (χ4v) is 2.71. The van der Waals surface area contributed by atoms with Gasteiger partial charge in [0.15, 0.2) is 0 Å². The number of carbonyl (C=O) groups excluding carboxylic acids is 1. The van der Waals surface area contributed by atoms with Crippen LogP contribution in [0.3, 0.4) is 0 Å². The van der Waals surface area contributed by atoms with Crippen molar-refractivity contribution in [1.82, 2.24) is 15.3 Å². The van der Waals surface area contributed by atoms with E-state index >= 15 is 0 Å². The Labute approximate surface area is 165 Å². The molecule has 0 aliphatic rings. The molecule has 6 nitrogen and oxygen atoms in total. The van der Waals surface area contributed by atoms with E-state index < -0.39 is 0 Å². The zero-order valence-electron chi connectivity index (χ0n) is 15.9. The van der Waals surface area contributed by atoms with Crippen LogP contribution in [0.15, 0.2) is 67.0 Å². The zero-order valence-corrected chi connectivity index (χ0v) is 15.9. The van der Waals surface area contributed by atoms with E-state index in [1.54, 1.807) is 13.3 Å². The molecule has 1 aromatic heterocycles. The third kappa shape index (κ3) is 5.81. The van der Waals surface area contributed by atoms with Crippen LogP contribution < -0.4 is 15.4 Å². The molecule has 0 spiro atoms. The highest BCUT2D eigenvalue weighted by Gasteiger charge is 2.08. The van der Waals surface area contributed by atoms with Gasteiger partial charge in [-0.2, -0.15) is 0 Å². The minimum Gasteiger partial charge on any atom is -0.497 e. The number of benzene rings is 2. The first-order valence-corrected chi connectivity index (χ1v) is 9.25. The highest BCUT2D eigenvalue weighted by atomic mass is 16.5. The van der Waals surface area contributed by atoms with E-state index in [0.717, 1.165) is 30.7 Å². The summed E-state index contributed by atoms with van der Waals surface area (Å²) < 4.78 is 5.12. The van der Waals surface area contributed by atoms with Crippen molar-refractivity contribution >= 4 is 11.7 Å². The van der Waals surface area contributed by atoms with Crippen molar-refractivity contribution in [2.24, 2.45) is 0 Å². The molecule has 3 rings (SSSR count). The summed E-state index contributed by atoms with van der Waals surface area (Å²) in [5.41, 5.74) is 2.60. The summed E-state index contributed by atoms with van der Waals surface area (Å²) in [7, 11) is 1.62. The molecule has 0 aliphatic heterocycles. The molecule has 0 saturated carbocycles. The molecule has 144 valence electrons. The maximum atomic E-state index is 12.2. The number of hydrogen-bond donors (Lipinski definition) is 2. The SMILES string of the molecule is COc1ccc(CNC(=O)c2cnc(NCCCc3ccccc3)cn2)cc1. The number of amides is 1. The molecule has 0 saturated heterocycles. The summed E-state index contributed by atoms with van der Waals surface area (Å²) in [6, 6.07) is 17.9. The molecule has 3 aromatic rings.